The summed E-state index contributed by atoms with van der Waals surface area (Å²) in [6.07, 6.45) is 1.87. The molecule has 3 nitrogen and oxygen atoms in total. The Morgan fingerprint density at radius 2 is 2.36 bits per heavy atom. The molecule has 0 aromatic carbocycles. The van der Waals surface area contributed by atoms with Crippen LogP contribution in [0.3, 0.4) is 0 Å². The highest BCUT2D eigenvalue weighted by Gasteiger charge is 2.54. The number of hydrogen-bond acceptors (Lipinski definition) is 2. The van der Waals surface area contributed by atoms with Crippen LogP contribution in [0, 0.1) is 0 Å². The maximum Gasteiger partial charge on any atom is 0.254 e. The average Bonchev–Trinajstić information content (AvgIpc) is 2.77. The second kappa shape index (κ2) is 2.21. The molecule has 11 heavy (non-hydrogen) atoms. The molecule has 1 saturated heterocycles. The third-order valence-electron chi connectivity index (χ3n) is 2.50. The second-order valence-electron chi connectivity index (χ2n) is 3.23. The summed E-state index contributed by atoms with van der Waals surface area (Å²) in [7, 11) is 0. The highest BCUT2D eigenvalue weighted by atomic mass is 16.5. The minimum Gasteiger partial charge on any atom is -0.363 e. The lowest BCUT2D eigenvalue weighted by Crippen LogP contribution is -2.48. The second-order valence-corrected chi connectivity index (χ2v) is 3.23. The van der Waals surface area contributed by atoms with Crippen LogP contribution in [0.2, 0.25) is 0 Å². The van der Waals surface area contributed by atoms with E-state index in [0.717, 1.165) is 32.5 Å². The van der Waals surface area contributed by atoms with Crippen LogP contribution in [0.15, 0.2) is 0 Å². The molecule has 2 rings (SSSR count). The van der Waals surface area contributed by atoms with Crippen molar-refractivity contribution in [2.75, 3.05) is 19.7 Å². The molecule has 0 aromatic heterocycles. The third kappa shape index (κ3) is 0.948. The van der Waals surface area contributed by atoms with Gasteiger partial charge in [-0.3, -0.25) is 4.79 Å². The lowest BCUT2D eigenvalue weighted by atomic mass is 10.2. The summed E-state index contributed by atoms with van der Waals surface area (Å²) in [4.78, 5) is 13.4. The molecule has 2 aliphatic rings. The van der Waals surface area contributed by atoms with Crippen molar-refractivity contribution >= 4 is 5.91 Å². The Kier molecular flexibility index (Phi) is 1.42. The fourth-order valence-corrected chi connectivity index (χ4v) is 1.58. The Morgan fingerprint density at radius 3 is 2.91 bits per heavy atom. The van der Waals surface area contributed by atoms with E-state index in [1.54, 1.807) is 0 Å². The van der Waals surface area contributed by atoms with E-state index in [-0.39, 0.29) is 11.5 Å². The summed E-state index contributed by atoms with van der Waals surface area (Å²) < 4.78 is 5.43. The van der Waals surface area contributed by atoms with Gasteiger partial charge in [-0.15, -0.1) is 0 Å². The highest BCUT2D eigenvalue weighted by Crippen LogP contribution is 2.42. The molecule has 1 heterocycles. The number of amides is 1. The summed E-state index contributed by atoms with van der Waals surface area (Å²) in [6, 6.07) is 0. The van der Waals surface area contributed by atoms with E-state index >= 15 is 0 Å². The van der Waals surface area contributed by atoms with Gasteiger partial charge in [0.1, 0.15) is 5.60 Å². The SMILES string of the molecule is CCN1CCOC2(CC2)C1=O. The van der Waals surface area contributed by atoms with Gasteiger partial charge in [0.25, 0.3) is 5.91 Å². The number of morpholine rings is 1. The molecule has 1 amide bonds. The maximum absolute atomic E-state index is 11.5. The fraction of sp³-hybridized carbons (Fsp3) is 0.875. The largest absolute Gasteiger partial charge is 0.363 e. The Bertz CT molecular complexity index is 187. The lowest BCUT2D eigenvalue weighted by Gasteiger charge is -2.31. The Labute approximate surface area is 66.3 Å². The first-order valence-electron chi connectivity index (χ1n) is 4.22. The zero-order chi connectivity index (χ0) is 7.90. The molecule has 0 unspecified atom stereocenters. The molecule has 1 spiro atoms. The molecule has 0 radical (unpaired) electrons. The molecule has 0 atom stereocenters. The normalized spacial score (nSPS) is 27.7. The van der Waals surface area contributed by atoms with Crippen molar-refractivity contribution < 1.29 is 9.53 Å². The predicted octanol–water partition coefficient (Wildman–Crippen LogP) is 0.398. The van der Waals surface area contributed by atoms with E-state index in [9.17, 15) is 4.79 Å². The van der Waals surface area contributed by atoms with Crippen LogP contribution in [0.1, 0.15) is 19.8 Å². The summed E-state index contributed by atoms with van der Waals surface area (Å²) in [5, 5.41) is 0. The summed E-state index contributed by atoms with van der Waals surface area (Å²) in [5.41, 5.74) is -0.353. The summed E-state index contributed by atoms with van der Waals surface area (Å²) in [6.45, 7) is 4.33. The molecule has 1 saturated carbocycles. The molecule has 0 N–H and O–H groups in total. The number of nitrogens with zero attached hydrogens (tertiary/aromatic N) is 1. The molecule has 62 valence electrons. The molecule has 2 fully saturated rings. The first-order valence-corrected chi connectivity index (χ1v) is 4.22. The van der Waals surface area contributed by atoms with Crippen molar-refractivity contribution in [2.24, 2.45) is 0 Å². The highest BCUT2D eigenvalue weighted by molar-refractivity contribution is 5.88. The van der Waals surface area contributed by atoms with Gasteiger partial charge in [-0.1, -0.05) is 0 Å². The van der Waals surface area contributed by atoms with Gasteiger partial charge in [-0.05, 0) is 19.8 Å². The number of carbonyl (C=O) groups is 1. The van der Waals surface area contributed by atoms with Gasteiger partial charge in [0, 0.05) is 13.1 Å². The fourth-order valence-electron chi connectivity index (χ4n) is 1.58. The number of hydrogen-bond donors (Lipinski definition) is 0. The van der Waals surface area contributed by atoms with E-state index in [0.29, 0.717) is 0 Å². The molecule has 1 aliphatic heterocycles. The predicted molar refractivity (Wildman–Crippen MR) is 40.2 cm³/mol. The van der Waals surface area contributed by atoms with Crippen molar-refractivity contribution in [1.29, 1.82) is 0 Å². The molecule has 3 heteroatoms. The number of likely N-dealkylation sites (N-methyl/N-ethyl adjacent to an activating group) is 1. The van der Waals surface area contributed by atoms with E-state index in [1.165, 1.54) is 0 Å². The van der Waals surface area contributed by atoms with Crippen LogP contribution in [0.5, 0.6) is 0 Å². The first-order chi connectivity index (χ1) is 5.28. The number of carbonyl (C=O) groups excluding carboxylic acids is 1. The van der Waals surface area contributed by atoms with Crippen molar-refractivity contribution in [2.45, 2.75) is 25.4 Å². The van der Waals surface area contributed by atoms with E-state index in [4.69, 9.17) is 4.74 Å². The minimum atomic E-state index is -0.353. The third-order valence-corrected chi connectivity index (χ3v) is 2.50. The van der Waals surface area contributed by atoms with E-state index < -0.39 is 0 Å². The van der Waals surface area contributed by atoms with Gasteiger partial charge < -0.3 is 9.64 Å². The number of rotatable bonds is 1. The molecule has 0 aromatic rings. The van der Waals surface area contributed by atoms with Gasteiger partial charge >= 0.3 is 0 Å². The summed E-state index contributed by atoms with van der Waals surface area (Å²) in [5.74, 6) is 0.214. The van der Waals surface area contributed by atoms with Crippen LogP contribution in [-0.2, 0) is 9.53 Å². The van der Waals surface area contributed by atoms with Gasteiger partial charge in [-0.2, -0.15) is 0 Å². The zero-order valence-electron chi connectivity index (χ0n) is 6.80. The monoisotopic (exact) mass is 155 g/mol. The number of ether oxygens (including phenoxy) is 1. The lowest BCUT2D eigenvalue weighted by molar-refractivity contribution is -0.156. The van der Waals surface area contributed by atoms with Crippen LogP contribution in [-0.4, -0.2) is 36.1 Å². The molecule has 1 aliphatic carbocycles. The molecular formula is C8H13NO2. The van der Waals surface area contributed by atoms with E-state index in [1.807, 2.05) is 11.8 Å². The van der Waals surface area contributed by atoms with Gasteiger partial charge in [-0.25, -0.2) is 0 Å². The Balaban J connectivity index is 2.10. The van der Waals surface area contributed by atoms with Gasteiger partial charge in [0.2, 0.25) is 0 Å². The van der Waals surface area contributed by atoms with Crippen LogP contribution in [0.4, 0.5) is 0 Å². The molecular weight excluding hydrogens is 142 g/mol. The van der Waals surface area contributed by atoms with Gasteiger partial charge in [0.15, 0.2) is 0 Å². The van der Waals surface area contributed by atoms with Gasteiger partial charge in [0.05, 0.1) is 6.61 Å². The maximum atomic E-state index is 11.5. The molecule has 0 bridgehead atoms. The van der Waals surface area contributed by atoms with Crippen molar-refractivity contribution in [3.63, 3.8) is 0 Å². The first kappa shape index (κ1) is 7.10. The van der Waals surface area contributed by atoms with Crippen molar-refractivity contribution in [3.05, 3.63) is 0 Å². The Hall–Kier alpha value is -0.570. The van der Waals surface area contributed by atoms with Crippen molar-refractivity contribution in [3.8, 4) is 0 Å². The Morgan fingerprint density at radius 1 is 1.64 bits per heavy atom. The average molecular weight is 155 g/mol. The van der Waals surface area contributed by atoms with Crippen LogP contribution >= 0.6 is 0 Å². The zero-order valence-corrected chi connectivity index (χ0v) is 6.80. The van der Waals surface area contributed by atoms with Crippen LogP contribution < -0.4 is 0 Å². The van der Waals surface area contributed by atoms with Crippen molar-refractivity contribution in [1.82, 2.24) is 4.90 Å². The minimum absolute atomic E-state index is 0.214. The standard InChI is InChI=1S/C8H13NO2/c1-2-9-5-6-11-8(3-4-8)7(9)10/h2-6H2,1H3. The smallest absolute Gasteiger partial charge is 0.254 e. The topological polar surface area (TPSA) is 29.5 Å². The van der Waals surface area contributed by atoms with Crippen LogP contribution in [0.25, 0.3) is 0 Å². The quantitative estimate of drug-likeness (QED) is 0.548. The summed E-state index contributed by atoms with van der Waals surface area (Å²) >= 11 is 0. The van der Waals surface area contributed by atoms with E-state index in [2.05, 4.69) is 0 Å².